The maximum absolute atomic E-state index is 5.12. The maximum atomic E-state index is 5.12. The van der Waals surface area contributed by atoms with Crippen LogP contribution in [0, 0.1) is 0 Å². The highest BCUT2D eigenvalue weighted by Crippen LogP contribution is 2.45. The summed E-state index contributed by atoms with van der Waals surface area (Å²) in [6, 6.07) is 9.41. The third-order valence-corrected chi connectivity index (χ3v) is 5.27. The number of para-hydroxylation sites is 2. The molecule has 21 heavy (non-hydrogen) atoms. The Labute approximate surface area is 126 Å². The highest BCUT2D eigenvalue weighted by molar-refractivity contribution is 5.76. The van der Waals surface area contributed by atoms with Crippen molar-refractivity contribution in [3.63, 3.8) is 0 Å². The minimum absolute atomic E-state index is 0.293. The molecule has 1 aliphatic heterocycles. The van der Waals surface area contributed by atoms with E-state index in [1.807, 2.05) is 0 Å². The Balaban J connectivity index is 1.89. The van der Waals surface area contributed by atoms with Crippen LogP contribution >= 0.6 is 0 Å². The average Bonchev–Trinajstić information content (AvgIpc) is 3.28. The van der Waals surface area contributed by atoms with Crippen LogP contribution in [0.5, 0.6) is 0 Å². The standard InChI is InChI=1S/C18H25N3/c1-2-9-18(10-12-19-13-11-18)17-20-15-5-3-4-6-16(15)21(17)14-7-8-14/h3-6,14,19H,2,7-13H2,1H3. The van der Waals surface area contributed by atoms with Crippen molar-refractivity contribution in [3.05, 3.63) is 30.1 Å². The third-order valence-electron chi connectivity index (χ3n) is 5.27. The number of benzene rings is 1. The van der Waals surface area contributed by atoms with Crippen LogP contribution in [-0.4, -0.2) is 22.6 Å². The Morgan fingerprint density at radius 2 is 2.00 bits per heavy atom. The first-order valence-corrected chi connectivity index (χ1v) is 8.52. The first-order chi connectivity index (χ1) is 10.3. The van der Waals surface area contributed by atoms with E-state index in [0.29, 0.717) is 11.5 Å². The van der Waals surface area contributed by atoms with Gasteiger partial charge in [0.2, 0.25) is 0 Å². The number of piperidine rings is 1. The van der Waals surface area contributed by atoms with E-state index in [4.69, 9.17) is 4.98 Å². The summed E-state index contributed by atoms with van der Waals surface area (Å²) in [5.41, 5.74) is 2.83. The number of rotatable bonds is 4. The molecule has 1 aromatic heterocycles. The molecule has 0 amide bonds. The molecule has 3 heteroatoms. The molecule has 2 aliphatic rings. The van der Waals surface area contributed by atoms with Crippen molar-refractivity contribution < 1.29 is 0 Å². The Morgan fingerprint density at radius 1 is 1.24 bits per heavy atom. The largest absolute Gasteiger partial charge is 0.324 e. The van der Waals surface area contributed by atoms with Crippen molar-refractivity contribution >= 4 is 11.0 Å². The van der Waals surface area contributed by atoms with Crippen molar-refractivity contribution in [2.24, 2.45) is 0 Å². The van der Waals surface area contributed by atoms with Crippen molar-refractivity contribution in [2.45, 2.75) is 56.9 Å². The van der Waals surface area contributed by atoms with Crippen LogP contribution in [0.25, 0.3) is 11.0 Å². The third kappa shape index (κ3) is 2.18. The number of hydrogen-bond donors (Lipinski definition) is 1. The molecular formula is C18H25N3. The predicted molar refractivity (Wildman–Crippen MR) is 86.7 cm³/mol. The van der Waals surface area contributed by atoms with Crippen LogP contribution in [-0.2, 0) is 5.41 Å². The molecular weight excluding hydrogens is 258 g/mol. The van der Waals surface area contributed by atoms with Gasteiger partial charge in [-0.15, -0.1) is 0 Å². The highest BCUT2D eigenvalue weighted by atomic mass is 15.1. The number of fused-ring (bicyclic) bond motifs is 1. The van der Waals surface area contributed by atoms with Crippen LogP contribution in [0.2, 0.25) is 0 Å². The molecule has 2 fully saturated rings. The molecule has 4 rings (SSSR count). The lowest BCUT2D eigenvalue weighted by Crippen LogP contribution is -2.41. The van der Waals surface area contributed by atoms with Gasteiger partial charge in [0, 0.05) is 11.5 Å². The predicted octanol–water partition coefficient (Wildman–Crippen LogP) is 3.79. The van der Waals surface area contributed by atoms with Gasteiger partial charge in [0.05, 0.1) is 11.0 Å². The van der Waals surface area contributed by atoms with E-state index in [0.717, 1.165) is 13.1 Å². The molecule has 1 N–H and O–H groups in total. The van der Waals surface area contributed by atoms with Gasteiger partial charge in [-0.05, 0) is 57.3 Å². The molecule has 0 atom stereocenters. The summed E-state index contributed by atoms with van der Waals surface area (Å²) >= 11 is 0. The fraction of sp³-hybridized carbons (Fsp3) is 0.611. The second-order valence-corrected chi connectivity index (χ2v) is 6.81. The van der Waals surface area contributed by atoms with Gasteiger partial charge in [-0.1, -0.05) is 25.5 Å². The zero-order valence-corrected chi connectivity index (χ0v) is 12.9. The molecule has 0 radical (unpaired) electrons. The summed E-state index contributed by atoms with van der Waals surface area (Å²) in [5, 5.41) is 3.53. The lowest BCUT2D eigenvalue weighted by Gasteiger charge is -2.37. The van der Waals surface area contributed by atoms with E-state index < -0.39 is 0 Å². The lowest BCUT2D eigenvalue weighted by atomic mass is 9.74. The SMILES string of the molecule is CCCC1(c2nc3ccccc3n2C2CC2)CCNCC1. The van der Waals surface area contributed by atoms with Gasteiger partial charge in [-0.2, -0.15) is 0 Å². The second-order valence-electron chi connectivity index (χ2n) is 6.81. The second kappa shape index (κ2) is 5.13. The van der Waals surface area contributed by atoms with E-state index in [1.165, 1.54) is 55.4 Å². The van der Waals surface area contributed by atoms with Crippen LogP contribution in [0.1, 0.15) is 57.3 Å². The molecule has 1 saturated heterocycles. The van der Waals surface area contributed by atoms with E-state index in [1.54, 1.807) is 0 Å². The first-order valence-electron chi connectivity index (χ1n) is 8.52. The Kier molecular flexibility index (Phi) is 3.26. The Hall–Kier alpha value is -1.35. The maximum Gasteiger partial charge on any atom is 0.116 e. The van der Waals surface area contributed by atoms with Gasteiger partial charge in [0.15, 0.2) is 0 Å². The van der Waals surface area contributed by atoms with E-state index in [-0.39, 0.29) is 0 Å². The molecule has 1 saturated carbocycles. The van der Waals surface area contributed by atoms with Crippen LogP contribution < -0.4 is 5.32 Å². The normalized spacial score (nSPS) is 21.8. The molecule has 3 nitrogen and oxygen atoms in total. The van der Waals surface area contributed by atoms with Crippen molar-refractivity contribution in [1.29, 1.82) is 0 Å². The first kappa shape index (κ1) is 13.3. The quantitative estimate of drug-likeness (QED) is 0.925. The summed E-state index contributed by atoms with van der Waals surface area (Å²) in [5.74, 6) is 1.38. The minimum atomic E-state index is 0.293. The number of aromatic nitrogens is 2. The Bertz CT molecular complexity index is 627. The molecule has 1 aromatic carbocycles. The zero-order valence-electron chi connectivity index (χ0n) is 12.9. The van der Waals surface area contributed by atoms with Gasteiger partial charge in [-0.3, -0.25) is 0 Å². The van der Waals surface area contributed by atoms with E-state index in [9.17, 15) is 0 Å². The van der Waals surface area contributed by atoms with Crippen molar-refractivity contribution in [2.75, 3.05) is 13.1 Å². The summed E-state index contributed by atoms with van der Waals surface area (Å²) < 4.78 is 2.59. The molecule has 1 aliphatic carbocycles. The fourth-order valence-electron chi connectivity index (χ4n) is 4.09. The Morgan fingerprint density at radius 3 is 2.71 bits per heavy atom. The van der Waals surface area contributed by atoms with Crippen molar-refractivity contribution in [1.82, 2.24) is 14.9 Å². The molecule has 0 bridgehead atoms. The number of hydrogen-bond acceptors (Lipinski definition) is 2. The van der Waals surface area contributed by atoms with Crippen LogP contribution in [0.3, 0.4) is 0 Å². The average molecular weight is 283 g/mol. The number of imidazole rings is 1. The minimum Gasteiger partial charge on any atom is -0.324 e. The fourth-order valence-corrected chi connectivity index (χ4v) is 4.09. The van der Waals surface area contributed by atoms with Gasteiger partial charge in [-0.25, -0.2) is 4.98 Å². The highest BCUT2D eigenvalue weighted by Gasteiger charge is 2.40. The summed E-state index contributed by atoms with van der Waals surface area (Å²) in [7, 11) is 0. The monoisotopic (exact) mass is 283 g/mol. The summed E-state index contributed by atoms with van der Waals surface area (Å²) in [6.07, 6.45) is 7.63. The van der Waals surface area contributed by atoms with E-state index >= 15 is 0 Å². The van der Waals surface area contributed by atoms with E-state index in [2.05, 4.69) is 41.1 Å². The molecule has 0 unspecified atom stereocenters. The molecule has 0 spiro atoms. The van der Waals surface area contributed by atoms with Crippen LogP contribution in [0.15, 0.2) is 24.3 Å². The summed E-state index contributed by atoms with van der Waals surface area (Å²) in [4.78, 5) is 5.12. The molecule has 2 heterocycles. The topological polar surface area (TPSA) is 29.9 Å². The molecule has 2 aromatic rings. The number of nitrogens with one attached hydrogen (secondary N) is 1. The molecule has 112 valence electrons. The van der Waals surface area contributed by atoms with Crippen LogP contribution in [0.4, 0.5) is 0 Å². The van der Waals surface area contributed by atoms with Gasteiger partial charge in [0.25, 0.3) is 0 Å². The lowest BCUT2D eigenvalue weighted by molar-refractivity contribution is 0.263. The van der Waals surface area contributed by atoms with Gasteiger partial charge < -0.3 is 9.88 Å². The smallest absolute Gasteiger partial charge is 0.116 e. The van der Waals surface area contributed by atoms with Gasteiger partial charge >= 0.3 is 0 Å². The van der Waals surface area contributed by atoms with Gasteiger partial charge in [0.1, 0.15) is 5.82 Å². The number of nitrogens with zero attached hydrogens (tertiary/aromatic N) is 2. The summed E-state index contributed by atoms with van der Waals surface area (Å²) in [6.45, 7) is 4.58. The zero-order chi connectivity index (χ0) is 14.3. The van der Waals surface area contributed by atoms with Crippen molar-refractivity contribution in [3.8, 4) is 0 Å².